The van der Waals surface area contributed by atoms with Gasteiger partial charge in [0.2, 0.25) is 5.91 Å². The molecule has 0 aliphatic carbocycles. The number of benzene rings is 2. The van der Waals surface area contributed by atoms with E-state index >= 15 is 0 Å². The Balaban J connectivity index is 1.29. The van der Waals surface area contributed by atoms with E-state index in [1.54, 1.807) is 23.2 Å². The molecule has 1 aliphatic heterocycles. The van der Waals surface area contributed by atoms with Crippen LogP contribution < -0.4 is 15.4 Å². The molecule has 9 nitrogen and oxygen atoms in total. The molecule has 214 valence electrons. The number of nitrogens with zero attached hydrogens (tertiary/aromatic N) is 3. The molecular formula is C32H37N5O4. The van der Waals surface area contributed by atoms with E-state index < -0.39 is 11.5 Å². The highest BCUT2D eigenvalue weighted by atomic mass is 16.6. The lowest BCUT2D eigenvalue weighted by molar-refractivity contribution is -0.117. The Morgan fingerprint density at radius 3 is 2.34 bits per heavy atom. The molecule has 9 heteroatoms. The van der Waals surface area contributed by atoms with Crippen LogP contribution >= 0.6 is 0 Å². The number of pyridine rings is 1. The summed E-state index contributed by atoms with van der Waals surface area (Å²) in [5, 5.41) is 15.4. The maximum Gasteiger partial charge on any atom is 0.410 e. The SMILES string of the molecule is CC(CNCC(C(=O)Nc1ccc(OC2CN(C(=O)OC(C)(C)C)C2)cn1)c1ccccc1)c1ccc(C#N)cc1. The standard InChI is InChI=1S/C32H37N5O4/c1-22(24-12-10-23(16-33)11-13-24)17-34-19-28(25-8-6-5-7-9-25)30(38)36-29-15-14-26(18-35-29)40-27-20-37(21-27)31(39)41-32(2,3)4/h5-15,18,22,27-28,34H,17,19-21H2,1-4H3,(H,35,36,38). The molecule has 2 amide bonds. The van der Waals surface area contributed by atoms with E-state index in [9.17, 15) is 9.59 Å². The third-order valence-corrected chi connectivity index (χ3v) is 6.72. The minimum absolute atomic E-state index is 0.134. The van der Waals surface area contributed by atoms with Crippen molar-refractivity contribution in [2.45, 2.75) is 51.2 Å². The van der Waals surface area contributed by atoms with Crippen LogP contribution in [0.1, 0.15) is 56.2 Å². The molecule has 0 radical (unpaired) electrons. The average Bonchev–Trinajstić information content (AvgIpc) is 2.93. The number of likely N-dealkylation sites (tertiary alicyclic amines) is 1. The summed E-state index contributed by atoms with van der Waals surface area (Å²) in [7, 11) is 0. The van der Waals surface area contributed by atoms with Crippen LogP contribution in [0.4, 0.5) is 10.6 Å². The molecule has 3 aromatic rings. The van der Waals surface area contributed by atoms with Crippen LogP contribution in [-0.4, -0.2) is 59.8 Å². The van der Waals surface area contributed by atoms with Gasteiger partial charge in [0.15, 0.2) is 0 Å². The largest absolute Gasteiger partial charge is 0.485 e. The van der Waals surface area contributed by atoms with Gasteiger partial charge in [-0.05, 0) is 62.1 Å². The second-order valence-electron chi connectivity index (χ2n) is 11.2. The summed E-state index contributed by atoms with van der Waals surface area (Å²) in [6.45, 7) is 9.64. The number of carbonyl (C=O) groups excluding carboxylic acids is 2. The monoisotopic (exact) mass is 555 g/mol. The number of aromatic nitrogens is 1. The fourth-order valence-corrected chi connectivity index (χ4v) is 4.41. The molecule has 4 rings (SSSR count). The van der Waals surface area contributed by atoms with Crippen molar-refractivity contribution in [3.8, 4) is 11.8 Å². The van der Waals surface area contributed by atoms with E-state index in [1.807, 2.05) is 75.4 Å². The summed E-state index contributed by atoms with van der Waals surface area (Å²) in [5.41, 5.74) is 2.13. The Morgan fingerprint density at radius 1 is 1.02 bits per heavy atom. The van der Waals surface area contributed by atoms with E-state index in [1.165, 1.54) is 0 Å². The van der Waals surface area contributed by atoms with Crippen molar-refractivity contribution >= 4 is 17.8 Å². The minimum atomic E-state index is -0.534. The lowest BCUT2D eigenvalue weighted by Crippen LogP contribution is -2.57. The topological polar surface area (TPSA) is 117 Å². The van der Waals surface area contributed by atoms with Crippen molar-refractivity contribution in [1.29, 1.82) is 5.26 Å². The van der Waals surface area contributed by atoms with Gasteiger partial charge in [0.1, 0.15) is 23.3 Å². The van der Waals surface area contributed by atoms with Gasteiger partial charge < -0.3 is 25.0 Å². The van der Waals surface area contributed by atoms with Gasteiger partial charge in [-0.15, -0.1) is 0 Å². The van der Waals surface area contributed by atoms with Crippen LogP contribution in [0.2, 0.25) is 0 Å². The highest BCUT2D eigenvalue weighted by molar-refractivity contribution is 5.95. The molecule has 2 unspecified atom stereocenters. The van der Waals surface area contributed by atoms with Crippen LogP contribution in [0, 0.1) is 11.3 Å². The highest BCUT2D eigenvalue weighted by Gasteiger charge is 2.35. The predicted octanol–water partition coefficient (Wildman–Crippen LogP) is 5.07. The number of nitrogens with one attached hydrogen (secondary N) is 2. The predicted molar refractivity (Wildman–Crippen MR) is 157 cm³/mol. The Kier molecular flexibility index (Phi) is 9.58. The summed E-state index contributed by atoms with van der Waals surface area (Å²) in [4.78, 5) is 31.4. The second-order valence-corrected chi connectivity index (χ2v) is 11.2. The van der Waals surface area contributed by atoms with E-state index in [-0.39, 0.29) is 24.0 Å². The molecule has 1 aromatic heterocycles. The number of rotatable bonds is 10. The number of ether oxygens (including phenoxy) is 2. The molecular weight excluding hydrogens is 518 g/mol. The van der Waals surface area contributed by atoms with E-state index in [0.717, 1.165) is 11.1 Å². The van der Waals surface area contributed by atoms with Crippen LogP contribution in [0.3, 0.4) is 0 Å². The number of anilines is 1. The molecule has 0 spiro atoms. The van der Waals surface area contributed by atoms with Crippen LogP contribution in [0.15, 0.2) is 72.9 Å². The molecule has 0 bridgehead atoms. The van der Waals surface area contributed by atoms with Gasteiger partial charge in [-0.3, -0.25) is 4.79 Å². The van der Waals surface area contributed by atoms with Gasteiger partial charge in [-0.1, -0.05) is 49.4 Å². The normalized spacial score (nSPS) is 14.8. The first-order chi connectivity index (χ1) is 19.6. The fraction of sp³-hybridized carbons (Fsp3) is 0.375. The first-order valence-corrected chi connectivity index (χ1v) is 13.8. The molecule has 41 heavy (non-hydrogen) atoms. The zero-order valence-corrected chi connectivity index (χ0v) is 24.0. The van der Waals surface area contributed by atoms with Crippen LogP contribution in [-0.2, 0) is 9.53 Å². The molecule has 2 N–H and O–H groups in total. The van der Waals surface area contributed by atoms with Gasteiger partial charge >= 0.3 is 6.09 Å². The molecule has 2 aromatic carbocycles. The van der Waals surface area contributed by atoms with Crippen LogP contribution in [0.25, 0.3) is 0 Å². The maximum atomic E-state index is 13.3. The Hall–Kier alpha value is -4.42. The number of amides is 2. The highest BCUT2D eigenvalue weighted by Crippen LogP contribution is 2.23. The lowest BCUT2D eigenvalue weighted by Gasteiger charge is -2.39. The van der Waals surface area contributed by atoms with Gasteiger partial charge in [0, 0.05) is 13.1 Å². The Bertz CT molecular complexity index is 1340. The summed E-state index contributed by atoms with van der Waals surface area (Å²) < 4.78 is 11.3. The minimum Gasteiger partial charge on any atom is -0.485 e. The van der Waals surface area contributed by atoms with Crippen molar-refractivity contribution < 1.29 is 19.1 Å². The van der Waals surface area contributed by atoms with E-state index in [4.69, 9.17) is 14.7 Å². The van der Waals surface area contributed by atoms with Gasteiger partial charge in [0.05, 0.1) is 36.8 Å². The summed E-state index contributed by atoms with van der Waals surface area (Å²) in [6.07, 6.45) is 1.09. The molecule has 1 aliphatic rings. The van der Waals surface area contributed by atoms with Crippen LogP contribution in [0.5, 0.6) is 5.75 Å². The van der Waals surface area contributed by atoms with Gasteiger partial charge in [0.25, 0.3) is 0 Å². The average molecular weight is 556 g/mol. The zero-order valence-electron chi connectivity index (χ0n) is 24.0. The summed E-state index contributed by atoms with van der Waals surface area (Å²) in [5.74, 6) is 0.621. The van der Waals surface area contributed by atoms with Crippen molar-refractivity contribution in [1.82, 2.24) is 15.2 Å². The Morgan fingerprint density at radius 2 is 1.73 bits per heavy atom. The van der Waals surface area contributed by atoms with Crippen molar-refractivity contribution in [3.05, 3.63) is 89.6 Å². The quantitative estimate of drug-likeness (QED) is 0.359. The first-order valence-electron chi connectivity index (χ1n) is 13.8. The summed E-state index contributed by atoms with van der Waals surface area (Å²) >= 11 is 0. The van der Waals surface area contributed by atoms with Crippen molar-refractivity contribution in [2.75, 3.05) is 31.5 Å². The van der Waals surface area contributed by atoms with Crippen molar-refractivity contribution in [2.24, 2.45) is 0 Å². The second kappa shape index (κ2) is 13.3. The maximum absolute atomic E-state index is 13.3. The molecule has 2 atom stereocenters. The Labute approximate surface area is 241 Å². The van der Waals surface area contributed by atoms with Gasteiger partial charge in [-0.25, -0.2) is 9.78 Å². The molecule has 2 heterocycles. The lowest BCUT2D eigenvalue weighted by atomic mass is 9.96. The smallest absolute Gasteiger partial charge is 0.410 e. The fourth-order valence-electron chi connectivity index (χ4n) is 4.41. The first kappa shape index (κ1) is 29.6. The third kappa shape index (κ3) is 8.53. The molecule has 0 saturated carbocycles. The molecule has 1 fully saturated rings. The van der Waals surface area contributed by atoms with Gasteiger partial charge in [-0.2, -0.15) is 5.26 Å². The molecule has 1 saturated heterocycles. The zero-order chi connectivity index (χ0) is 29.4. The van der Waals surface area contributed by atoms with E-state index in [0.29, 0.717) is 43.3 Å². The third-order valence-electron chi connectivity index (χ3n) is 6.72. The number of hydrogen-bond acceptors (Lipinski definition) is 7. The number of hydrogen-bond donors (Lipinski definition) is 2. The van der Waals surface area contributed by atoms with E-state index in [2.05, 4.69) is 28.6 Å². The van der Waals surface area contributed by atoms with Crippen molar-refractivity contribution in [3.63, 3.8) is 0 Å². The number of nitriles is 1. The number of carbonyl (C=O) groups is 2. The summed E-state index contributed by atoms with van der Waals surface area (Å²) in [6, 6.07) is 22.8.